The molecule has 0 spiro atoms. The molecule has 0 aliphatic carbocycles. The van der Waals surface area contributed by atoms with Crippen molar-refractivity contribution in [3.8, 4) is 11.3 Å². The Kier molecular flexibility index (Phi) is 5.45. The van der Waals surface area contributed by atoms with E-state index in [0.29, 0.717) is 13.2 Å². The number of rotatable bonds is 5. The molecule has 1 aliphatic rings. The van der Waals surface area contributed by atoms with E-state index in [1.807, 2.05) is 22.7 Å². The van der Waals surface area contributed by atoms with Gasteiger partial charge < -0.3 is 15.0 Å². The first-order valence-electron chi connectivity index (χ1n) is 11.0. The molecular formula is C24H26N6O2. The lowest BCUT2D eigenvalue weighted by atomic mass is 10.0. The van der Waals surface area contributed by atoms with Crippen molar-refractivity contribution in [3.63, 3.8) is 0 Å². The largest absolute Gasteiger partial charge is 0.378 e. The number of ether oxygens (including phenoxy) is 1. The number of aryl methyl sites for hydroxylation is 1. The minimum Gasteiger partial charge on any atom is -0.378 e. The summed E-state index contributed by atoms with van der Waals surface area (Å²) in [5.41, 5.74) is 4.30. The highest BCUT2D eigenvalue weighted by Gasteiger charge is 2.19. The molecule has 1 N–H and O–H groups in total. The van der Waals surface area contributed by atoms with E-state index in [-0.39, 0.29) is 5.91 Å². The Hall–Kier alpha value is -3.52. The zero-order chi connectivity index (χ0) is 22.1. The number of benzene rings is 2. The van der Waals surface area contributed by atoms with Gasteiger partial charge in [-0.15, -0.1) is 10.2 Å². The zero-order valence-electron chi connectivity index (χ0n) is 18.3. The number of nitrogens with one attached hydrogen (secondary N) is 1. The zero-order valence-corrected chi connectivity index (χ0v) is 18.3. The minimum atomic E-state index is -0.103. The van der Waals surface area contributed by atoms with Gasteiger partial charge in [0.1, 0.15) is 0 Å². The summed E-state index contributed by atoms with van der Waals surface area (Å²) in [5, 5.41) is 18.8. The molecule has 2 aromatic carbocycles. The van der Waals surface area contributed by atoms with Crippen LogP contribution in [0, 0.1) is 0 Å². The van der Waals surface area contributed by atoms with Crippen LogP contribution >= 0.6 is 0 Å². The number of carbonyl (C=O) groups is 1. The lowest BCUT2D eigenvalue weighted by Crippen LogP contribution is -2.36. The van der Waals surface area contributed by atoms with Crippen molar-refractivity contribution >= 4 is 33.7 Å². The third-order valence-electron chi connectivity index (χ3n) is 5.73. The molecule has 0 saturated carbocycles. The van der Waals surface area contributed by atoms with Crippen LogP contribution in [0.3, 0.4) is 0 Å². The SMILES string of the molecule is CCCc1nnc2c3ccccc3c(-c3ccc(N4CCOCC4)c(NC(C)=O)c3)nn12. The third-order valence-corrected chi connectivity index (χ3v) is 5.73. The first-order valence-corrected chi connectivity index (χ1v) is 11.0. The molecule has 0 bridgehead atoms. The summed E-state index contributed by atoms with van der Waals surface area (Å²) in [7, 11) is 0. The monoisotopic (exact) mass is 430 g/mol. The fraction of sp³-hybridized carbons (Fsp3) is 0.333. The molecule has 32 heavy (non-hydrogen) atoms. The minimum absolute atomic E-state index is 0.103. The van der Waals surface area contributed by atoms with E-state index in [1.165, 1.54) is 6.92 Å². The van der Waals surface area contributed by atoms with E-state index < -0.39 is 0 Å². The Morgan fingerprint density at radius 1 is 1.09 bits per heavy atom. The number of nitrogens with zero attached hydrogens (tertiary/aromatic N) is 5. The van der Waals surface area contributed by atoms with E-state index in [2.05, 4.69) is 51.6 Å². The van der Waals surface area contributed by atoms with Gasteiger partial charge >= 0.3 is 0 Å². The van der Waals surface area contributed by atoms with Crippen LogP contribution in [0.4, 0.5) is 11.4 Å². The Bertz CT molecular complexity index is 1290. The van der Waals surface area contributed by atoms with Gasteiger partial charge in [-0.1, -0.05) is 37.3 Å². The number of aromatic nitrogens is 4. The van der Waals surface area contributed by atoms with E-state index in [4.69, 9.17) is 9.84 Å². The fourth-order valence-electron chi connectivity index (χ4n) is 4.27. The summed E-state index contributed by atoms with van der Waals surface area (Å²) < 4.78 is 7.35. The van der Waals surface area contributed by atoms with Gasteiger partial charge in [-0.2, -0.15) is 9.61 Å². The summed E-state index contributed by atoms with van der Waals surface area (Å²) in [5.74, 6) is 0.746. The average Bonchev–Trinajstić information content (AvgIpc) is 3.22. The second-order valence-electron chi connectivity index (χ2n) is 8.01. The maximum absolute atomic E-state index is 12.0. The van der Waals surface area contributed by atoms with E-state index in [0.717, 1.165) is 70.8 Å². The van der Waals surface area contributed by atoms with Crippen molar-refractivity contribution in [1.29, 1.82) is 0 Å². The van der Waals surface area contributed by atoms with Gasteiger partial charge in [0.25, 0.3) is 0 Å². The van der Waals surface area contributed by atoms with Crippen molar-refractivity contribution in [2.24, 2.45) is 0 Å². The first kappa shape index (κ1) is 20.4. The summed E-state index contributed by atoms with van der Waals surface area (Å²) >= 11 is 0. The molecule has 5 rings (SSSR count). The maximum atomic E-state index is 12.0. The molecule has 1 saturated heterocycles. The molecule has 0 atom stereocenters. The number of morpholine rings is 1. The third kappa shape index (κ3) is 3.67. The van der Waals surface area contributed by atoms with Crippen molar-refractivity contribution in [3.05, 3.63) is 48.3 Å². The van der Waals surface area contributed by atoms with Gasteiger partial charge in [0.05, 0.1) is 30.3 Å². The summed E-state index contributed by atoms with van der Waals surface area (Å²) in [4.78, 5) is 14.2. The smallest absolute Gasteiger partial charge is 0.221 e. The van der Waals surface area contributed by atoms with Crippen LogP contribution in [0.15, 0.2) is 42.5 Å². The van der Waals surface area contributed by atoms with Gasteiger partial charge in [-0.3, -0.25) is 4.79 Å². The van der Waals surface area contributed by atoms with Crippen LogP contribution < -0.4 is 10.2 Å². The number of carbonyl (C=O) groups excluding carboxylic acids is 1. The highest BCUT2D eigenvalue weighted by atomic mass is 16.5. The molecule has 4 aromatic rings. The molecule has 0 unspecified atom stereocenters. The van der Waals surface area contributed by atoms with Crippen molar-refractivity contribution in [2.45, 2.75) is 26.7 Å². The topological polar surface area (TPSA) is 84.6 Å². The molecule has 2 aromatic heterocycles. The quantitative estimate of drug-likeness (QED) is 0.520. The predicted octanol–water partition coefficient (Wildman–Crippen LogP) is 3.69. The molecule has 1 fully saturated rings. The molecule has 8 nitrogen and oxygen atoms in total. The molecule has 1 amide bonds. The second kappa shape index (κ2) is 8.55. The van der Waals surface area contributed by atoms with Crippen molar-refractivity contribution in [1.82, 2.24) is 19.8 Å². The van der Waals surface area contributed by atoms with E-state index in [1.54, 1.807) is 0 Å². The van der Waals surface area contributed by atoms with E-state index in [9.17, 15) is 4.79 Å². The van der Waals surface area contributed by atoms with Crippen molar-refractivity contribution < 1.29 is 9.53 Å². The van der Waals surface area contributed by atoms with Gasteiger partial charge in [0.15, 0.2) is 11.5 Å². The maximum Gasteiger partial charge on any atom is 0.221 e. The van der Waals surface area contributed by atoms with Crippen LogP contribution in [0.25, 0.3) is 27.7 Å². The van der Waals surface area contributed by atoms with E-state index >= 15 is 0 Å². The Balaban J connectivity index is 1.69. The summed E-state index contributed by atoms with van der Waals surface area (Å²) in [6.45, 7) is 6.59. The highest BCUT2D eigenvalue weighted by molar-refractivity contribution is 6.02. The number of hydrogen-bond acceptors (Lipinski definition) is 6. The van der Waals surface area contributed by atoms with Crippen LogP contribution in [0.2, 0.25) is 0 Å². The molecule has 8 heteroatoms. The number of fused-ring (bicyclic) bond motifs is 3. The fourth-order valence-corrected chi connectivity index (χ4v) is 4.27. The van der Waals surface area contributed by atoms with Crippen LogP contribution in [0.5, 0.6) is 0 Å². The summed E-state index contributed by atoms with van der Waals surface area (Å²) in [6, 6.07) is 14.3. The van der Waals surface area contributed by atoms with Gasteiger partial charge in [-0.05, 0) is 18.6 Å². The second-order valence-corrected chi connectivity index (χ2v) is 8.01. The molecule has 164 valence electrons. The van der Waals surface area contributed by atoms with Crippen LogP contribution in [-0.4, -0.2) is 52.0 Å². The standard InChI is InChI=1S/C24H26N6O2/c1-3-6-22-26-27-24-19-8-5-4-7-18(19)23(28-30(22)24)17-9-10-21(20(15-17)25-16(2)31)29-11-13-32-14-12-29/h4-5,7-10,15H,3,6,11-14H2,1-2H3,(H,25,31). The predicted molar refractivity (Wildman–Crippen MR) is 125 cm³/mol. The van der Waals surface area contributed by atoms with Crippen LogP contribution in [-0.2, 0) is 16.0 Å². The summed E-state index contributed by atoms with van der Waals surface area (Å²) in [6.07, 6.45) is 1.77. The highest BCUT2D eigenvalue weighted by Crippen LogP contribution is 2.35. The lowest BCUT2D eigenvalue weighted by molar-refractivity contribution is -0.114. The molecular weight excluding hydrogens is 404 g/mol. The molecule has 0 radical (unpaired) electrons. The Labute approximate surface area is 186 Å². The molecule has 1 aliphatic heterocycles. The van der Waals surface area contributed by atoms with Crippen LogP contribution in [0.1, 0.15) is 26.1 Å². The normalized spacial score (nSPS) is 14.2. The number of amides is 1. The number of anilines is 2. The van der Waals surface area contributed by atoms with Gasteiger partial charge in [-0.25, -0.2) is 0 Å². The Morgan fingerprint density at radius 3 is 2.62 bits per heavy atom. The lowest BCUT2D eigenvalue weighted by Gasteiger charge is -2.30. The van der Waals surface area contributed by atoms with Crippen molar-refractivity contribution in [2.75, 3.05) is 36.5 Å². The molecule has 3 heterocycles. The Morgan fingerprint density at radius 2 is 1.88 bits per heavy atom. The average molecular weight is 431 g/mol. The number of hydrogen-bond donors (Lipinski definition) is 1. The van der Waals surface area contributed by atoms with Gasteiger partial charge in [0.2, 0.25) is 5.91 Å². The first-order chi connectivity index (χ1) is 15.7. The van der Waals surface area contributed by atoms with Gasteiger partial charge in [0, 0.05) is 42.8 Å².